The third-order valence-electron chi connectivity index (χ3n) is 5.93. The van der Waals surface area contributed by atoms with E-state index in [9.17, 15) is 9.59 Å². The Balaban J connectivity index is 1.48. The number of carbonyl (C=O) groups is 2. The van der Waals surface area contributed by atoms with Gasteiger partial charge in [0, 0.05) is 58.5 Å². The summed E-state index contributed by atoms with van der Waals surface area (Å²) in [6.45, 7) is 8.29. The summed E-state index contributed by atoms with van der Waals surface area (Å²) in [6.07, 6.45) is 6.05. The predicted octanol–water partition coefficient (Wildman–Crippen LogP) is 1.28. The molecule has 0 bridgehead atoms. The Bertz CT molecular complexity index is 473. The van der Waals surface area contributed by atoms with E-state index in [0.717, 1.165) is 77.9 Å². The summed E-state index contributed by atoms with van der Waals surface area (Å²) < 4.78 is 5.45. The molecule has 0 saturated carbocycles. The lowest BCUT2D eigenvalue weighted by Gasteiger charge is -2.45. The van der Waals surface area contributed by atoms with Crippen LogP contribution in [-0.2, 0) is 9.53 Å². The zero-order chi connectivity index (χ0) is 18.4. The molecule has 3 heterocycles. The van der Waals surface area contributed by atoms with Crippen LogP contribution in [0.15, 0.2) is 0 Å². The van der Waals surface area contributed by atoms with Gasteiger partial charge in [-0.15, -0.1) is 0 Å². The van der Waals surface area contributed by atoms with E-state index in [1.165, 1.54) is 0 Å². The van der Waals surface area contributed by atoms with Crippen molar-refractivity contribution in [1.29, 1.82) is 0 Å². The molecule has 0 aromatic rings. The molecule has 148 valence electrons. The van der Waals surface area contributed by atoms with Crippen molar-refractivity contribution in [2.75, 3.05) is 52.5 Å². The molecular formula is C19H34N4O3. The summed E-state index contributed by atoms with van der Waals surface area (Å²) in [5.74, 6) is 0.295. The number of rotatable bonds is 5. The van der Waals surface area contributed by atoms with Gasteiger partial charge in [0.1, 0.15) is 0 Å². The highest BCUT2D eigenvalue weighted by atomic mass is 16.5. The lowest BCUT2D eigenvalue weighted by molar-refractivity contribution is -0.145. The Morgan fingerprint density at radius 2 is 1.85 bits per heavy atom. The normalized spacial score (nSPS) is 26.2. The Labute approximate surface area is 157 Å². The number of urea groups is 1. The third-order valence-corrected chi connectivity index (χ3v) is 5.93. The number of amides is 3. The SMILES string of the molecule is CCCCNC(=O)N1CCN(C2CCCN(C3CCOCC3)C2=O)CC1. The first-order valence-corrected chi connectivity index (χ1v) is 10.4. The monoisotopic (exact) mass is 366 g/mol. The molecule has 0 aliphatic carbocycles. The van der Waals surface area contributed by atoms with E-state index in [4.69, 9.17) is 4.74 Å². The minimum Gasteiger partial charge on any atom is -0.381 e. The zero-order valence-corrected chi connectivity index (χ0v) is 16.1. The second kappa shape index (κ2) is 9.55. The van der Waals surface area contributed by atoms with Crippen LogP contribution in [0.25, 0.3) is 0 Å². The predicted molar refractivity (Wildman–Crippen MR) is 100 cm³/mol. The molecule has 7 heteroatoms. The molecule has 3 amide bonds. The van der Waals surface area contributed by atoms with Crippen LogP contribution in [0.2, 0.25) is 0 Å². The second-order valence-corrected chi connectivity index (χ2v) is 7.64. The highest BCUT2D eigenvalue weighted by Gasteiger charge is 2.38. The van der Waals surface area contributed by atoms with Gasteiger partial charge in [-0.25, -0.2) is 4.79 Å². The number of likely N-dealkylation sites (tertiary alicyclic amines) is 1. The van der Waals surface area contributed by atoms with Crippen molar-refractivity contribution in [3.05, 3.63) is 0 Å². The number of nitrogens with zero attached hydrogens (tertiary/aromatic N) is 3. The van der Waals surface area contributed by atoms with E-state index >= 15 is 0 Å². The highest BCUT2D eigenvalue weighted by molar-refractivity contribution is 5.83. The fourth-order valence-corrected chi connectivity index (χ4v) is 4.30. The Morgan fingerprint density at radius 1 is 1.12 bits per heavy atom. The topological polar surface area (TPSA) is 65.1 Å². The standard InChI is InChI=1S/C19H34N4O3/c1-2-3-8-20-19(25)22-12-10-21(11-13-22)17-5-4-9-23(18(17)24)16-6-14-26-15-7-16/h16-17H,2-15H2,1H3,(H,20,25). The molecule has 7 nitrogen and oxygen atoms in total. The molecule has 3 fully saturated rings. The van der Waals surface area contributed by atoms with Crippen LogP contribution in [0.5, 0.6) is 0 Å². The maximum absolute atomic E-state index is 13.1. The van der Waals surface area contributed by atoms with E-state index in [0.29, 0.717) is 25.0 Å². The molecule has 0 spiro atoms. The fraction of sp³-hybridized carbons (Fsp3) is 0.895. The molecule has 1 unspecified atom stereocenters. The molecule has 3 aliphatic heterocycles. The van der Waals surface area contributed by atoms with Gasteiger partial charge >= 0.3 is 6.03 Å². The summed E-state index contributed by atoms with van der Waals surface area (Å²) >= 11 is 0. The maximum atomic E-state index is 13.1. The van der Waals surface area contributed by atoms with Crippen molar-refractivity contribution < 1.29 is 14.3 Å². The lowest BCUT2D eigenvalue weighted by Crippen LogP contribution is -2.60. The number of piperazine rings is 1. The van der Waals surface area contributed by atoms with Crippen molar-refractivity contribution in [3.8, 4) is 0 Å². The molecule has 3 saturated heterocycles. The Kier molecular flexibility index (Phi) is 7.14. The number of carbonyl (C=O) groups excluding carboxylic acids is 2. The van der Waals surface area contributed by atoms with Crippen molar-refractivity contribution in [2.45, 2.75) is 57.5 Å². The first-order valence-electron chi connectivity index (χ1n) is 10.4. The Morgan fingerprint density at radius 3 is 2.54 bits per heavy atom. The quantitative estimate of drug-likeness (QED) is 0.745. The van der Waals surface area contributed by atoms with Gasteiger partial charge in [-0.05, 0) is 32.1 Å². The number of hydrogen-bond acceptors (Lipinski definition) is 4. The van der Waals surface area contributed by atoms with Crippen molar-refractivity contribution >= 4 is 11.9 Å². The molecule has 26 heavy (non-hydrogen) atoms. The zero-order valence-electron chi connectivity index (χ0n) is 16.1. The molecule has 3 aliphatic rings. The third kappa shape index (κ3) is 4.68. The first-order chi connectivity index (χ1) is 12.7. The largest absolute Gasteiger partial charge is 0.381 e. The maximum Gasteiger partial charge on any atom is 0.317 e. The number of unbranched alkanes of at least 4 members (excludes halogenated alkanes) is 1. The van der Waals surface area contributed by atoms with Crippen LogP contribution in [0.4, 0.5) is 4.79 Å². The molecule has 1 N–H and O–H groups in total. The average Bonchev–Trinajstić information content (AvgIpc) is 2.69. The molecular weight excluding hydrogens is 332 g/mol. The van der Waals surface area contributed by atoms with Gasteiger partial charge in [-0.1, -0.05) is 13.3 Å². The minimum atomic E-state index is -0.00287. The summed E-state index contributed by atoms with van der Waals surface area (Å²) in [6, 6.07) is 0.387. The fourth-order valence-electron chi connectivity index (χ4n) is 4.30. The highest BCUT2D eigenvalue weighted by Crippen LogP contribution is 2.24. The lowest BCUT2D eigenvalue weighted by atomic mass is 9.97. The van der Waals surface area contributed by atoms with Crippen LogP contribution < -0.4 is 5.32 Å². The average molecular weight is 367 g/mol. The molecule has 0 aromatic carbocycles. The van der Waals surface area contributed by atoms with Crippen LogP contribution in [0.1, 0.15) is 45.4 Å². The van der Waals surface area contributed by atoms with E-state index in [-0.39, 0.29) is 12.1 Å². The van der Waals surface area contributed by atoms with Crippen LogP contribution in [0.3, 0.4) is 0 Å². The summed E-state index contributed by atoms with van der Waals surface area (Å²) in [5, 5.41) is 2.99. The van der Waals surface area contributed by atoms with Gasteiger partial charge < -0.3 is 19.9 Å². The molecule has 3 rings (SSSR count). The second-order valence-electron chi connectivity index (χ2n) is 7.64. The van der Waals surface area contributed by atoms with Gasteiger partial charge in [0.05, 0.1) is 6.04 Å². The summed E-state index contributed by atoms with van der Waals surface area (Å²) in [5.41, 5.74) is 0. The van der Waals surface area contributed by atoms with Gasteiger partial charge in [-0.3, -0.25) is 9.69 Å². The van der Waals surface area contributed by atoms with E-state index in [1.807, 2.05) is 4.90 Å². The molecule has 0 aromatic heterocycles. The van der Waals surface area contributed by atoms with Crippen LogP contribution >= 0.6 is 0 Å². The number of ether oxygens (including phenoxy) is 1. The minimum absolute atomic E-state index is 0.00287. The van der Waals surface area contributed by atoms with Crippen LogP contribution in [-0.4, -0.2) is 91.2 Å². The molecule has 0 radical (unpaired) electrons. The van der Waals surface area contributed by atoms with Crippen molar-refractivity contribution in [3.63, 3.8) is 0 Å². The first kappa shape index (κ1) is 19.4. The smallest absolute Gasteiger partial charge is 0.317 e. The van der Waals surface area contributed by atoms with Gasteiger partial charge in [-0.2, -0.15) is 0 Å². The van der Waals surface area contributed by atoms with E-state index in [2.05, 4.69) is 22.0 Å². The van der Waals surface area contributed by atoms with E-state index in [1.54, 1.807) is 0 Å². The summed E-state index contributed by atoms with van der Waals surface area (Å²) in [4.78, 5) is 31.5. The van der Waals surface area contributed by atoms with Crippen molar-refractivity contribution in [1.82, 2.24) is 20.0 Å². The number of nitrogens with one attached hydrogen (secondary N) is 1. The van der Waals surface area contributed by atoms with Gasteiger partial charge in [0.15, 0.2) is 0 Å². The van der Waals surface area contributed by atoms with Gasteiger partial charge in [0.2, 0.25) is 5.91 Å². The number of piperidine rings is 1. The van der Waals surface area contributed by atoms with E-state index < -0.39 is 0 Å². The Hall–Kier alpha value is -1.34. The molecule has 1 atom stereocenters. The summed E-state index contributed by atoms with van der Waals surface area (Å²) in [7, 11) is 0. The van der Waals surface area contributed by atoms with Gasteiger partial charge in [0.25, 0.3) is 0 Å². The van der Waals surface area contributed by atoms with Crippen LogP contribution in [0, 0.1) is 0 Å². The van der Waals surface area contributed by atoms with Crippen molar-refractivity contribution in [2.24, 2.45) is 0 Å². The number of hydrogen-bond donors (Lipinski definition) is 1.